The van der Waals surface area contributed by atoms with Gasteiger partial charge in [-0.1, -0.05) is 6.07 Å². The highest BCUT2D eigenvalue weighted by atomic mass is 15.2. The topological polar surface area (TPSA) is 101 Å². The summed E-state index contributed by atoms with van der Waals surface area (Å²) in [5, 5.41) is 12.8. The van der Waals surface area contributed by atoms with Crippen LogP contribution in [0, 0.1) is 0 Å². The van der Waals surface area contributed by atoms with E-state index in [0.29, 0.717) is 0 Å². The Morgan fingerprint density at radius 3 is 2.70 bits per heavy atom. The van der Waals surface area contributed by atoms with Gasteiger partial charge < -0.3 is 4.98 Å². The Kier molecular flexibility index (Phi) is 3.51. The first-order valence-corrected chi connectivity index (χ1v) is 9.50. The van der Waals surface area contributed by atoms with Crippen molar-refractivity contribution in [3.05, 3.63) is 67.3 Å². The molecule has 0 aliphatic heterocycles. The third-order valence-corrected chi connectivity index (χ3v) is 5.12. The number of pyridine rings is 3. The van der Waals surface area contributed by atoms with Gasteiger partial charge in [-0.2, -0.15) is 10.2 Å². The van der Waals surface area contributed by atoms with Crippen molar-refractivity contribution in [2.24, 2.45) is 7.05 Å². The Bertz CT molecular complexity index is 1510. The van der Waals surface area contributed by atoms with Crippen molar-refractivity contribution in [3.63, 3.8) is 0 Å². The molecule has 0 bridgehead atoms. The molecule has 0 aliphatic carbocycles. The van der Waals surface area contributed by atoms with Crippen molar-refractivity contribution < 1.29 is 0 Å². The predicted octanol–water partition coefficient (Wildman–Crippen LogP) is 3.96. The molecule has 30 heavy (non-hydrogen) atoms. The Hall–Kier alpha value is -4.33. The predicted molar refractivity (Wildman–Crippen MR) is 114 cm³/mol. The van der Waals surface area contributed by atoms with Crippen LogP contribution in [0.2, 0.25) is 0 Å². The lowest BCUT2D eigenvalue weighted by atomic mass is 10.1. The molecule has 0 radical (unpaired) electrons. The Morgan fingerprint density at radius 2 is 1.87 bits per heavy atom. The van der Waals surface area contributed by atoms with Crippen molar-refractivity contribution in [2.75, 3.05) is 0 Å². The molecule has 0 atom stereocenters. The molecule has 6 rings (SSSR count). The molecule has 0 saturated carbocycles. The molecule has 8 heteroatoms. The fourth-order valence-electron chi connectivity index (χ4n) is 3.69. The molecule has 144 valence electrons. The van der Waals surface area contributed by atoms with Gasteiger partial charge in [0.05, 0.1) is 34.5 Å². The smallest absolute Gasteiger partial charge is 0.135 e. The normalized spacial score (nSPS) is 11.5. The second-order valence-corrected chi connectivity index (χ2v) is 7.09. The number of rotatable bonds is 3. The van der Waals surface area contributed by atoms with Crippen molar-refractivity contribution in [3.8, 4) is 34.0 Å². The minimum absolute atomic E-state index is 0.763. The quantitative estimate of drug-likeness (QED) is 0.475. The van der Waals surface area contributed by atoms with Gasteiger partial charge in [0.2, 0.25) is 0 Å². The molecule has 0 saturated heterocycles. The number of fused-ring (bicyclic) bond motifs is 2. The average Bonchev–Trinajstić information content (AvgIpc) is 3.50. The van der Waals surface area contributed by atoms with Gasteiger partial charge in [-0.3, -0.25) is 19.7 Å². The van der Waals surface area contributed by atoms with Crippen LogP contribution >= 0.6 is 0 Å². The molecular weight excluding hydrogens is 376 g/mol. The number of aromatic amines is 2. The van der Waals surface area contributed by atoms with Crippen molar-refractivity contribution in [2.45, 2.75) is 0 Å². The first kappa shape index (κ1) is 16.6. The van der Waals surface area contributed by atoms with Crippen LogP contribution in [0.1, 0.15) is 0 Å². The van der Waals surface area contributed by atoms with Crippen LogP contribution < -0.4 is 0 Å². The van der Waals surface area contributed by atoms with E-state index in [1.165, 1.54) is 0 Å². The fraction of sp³-hybridized carbons (Fsp3) is 0.0455. The molecule has 0 aromatic carbocycles. The van der Waals surface area contributed by atoms with E-state index in [4.69, 9.17) is 4.98 Å². The van der Waals surface area contributed by atoms with Gasteiger partial charge in [0, 0.05) is 42.1 Å². The zero-order valence-electron chi connectivity index (χ0n) is 16.0. The molecule has 8 nitrogen and oxygen atoms in total. The standard InChI is InChI=1S/C22H16N8/c1-30-12-13(11-25-30)15-5-6-18-21(27-15)22(29-28-18)19-10-14-16(26-19)7-9-24-20(14)17-4-2-3-8-23-17/h2-12,26H,1H3,(H,28,29). The number of nitrogens with zero attached hydrogens (tertiary/aromatic N) is 6. The number of hydrogen-bond donors (Lipinski definition) is 2. The number of nitrogens with one attached hydrogen (secondary N) is 2. The van der Waals surface area contributed by atoms with E-state index in [9.17, 15) is 0 Å². The lowest BCUT2D eigenvalue weighted by Crippen LogP contribution is -1.86. The summed E-state index contributed by atoms with van der Waals surface area (Å²) in [5.74, 6) is 0. The van der Waals surface area contributed by atoms with Gasteiger partial charge in [0.15, 0.2) is 0 Å². The maximum Gasteiger partial charge on any atom is 0.135 e. The van der Waals surface area contributed by atoms with E-state index < -0.39 is 0 Å². The summed E-state index contributed by atoms with van der Waals surface area (Å²) in [6.45, 7) is 0. The monoisotopic (exact) mass is 392 g/mol. The Morgan fingerprint density at radius 1 is 0.900 bits per heavy atom. The van der Waals surface area contributed by atoms with E-state index in [1.54, 1.807) is 17.1 Å². The van der Waals surface area contributed by atoms with Crippen LogP contribution in [-0.2, 0) is 7.05 Å². The first-order valence-electron chi connectivity index (χ1n) is 9.50. The zero-order valence-corrected chi connectivity index (χ0v) is 16.0. The summed E-state index contributed by atoms with van der Waals surface area (Å²) in [6, 6.07) is 13.8. The number of hydrogen-bond acceptors (Lipinski definition) is 5. The van der Waals surface area contributed by atoms with Gasteiger partial charge in [-0.15, -0.1) is 0 Å². The number of aromatic nitrogens is 8. The van der Waals surface area contributed by atoms with E-state index in [1.807, 2.05) is 55.8 Å². The second kappa shape index (κ2) is 6.35. The number of H-pyrrole nitrogens is 2. The molecule has 2 N–H and O–H groups in total. The minimum Gasteiger partial charge on any atom is -0.353 e. The highest BCUT2D eigenvalue weighted by molar-refractivity contribution is 5.98. The third-order valence-electron chi connectivity index (χ3n) is 5.12. The third kappa shape index (κ3) is 2.58. The lowest BCUT2D eigenvalue weighted by Gasteiger charge is -2.00. The van der Waals surface area contributed by atoms with Crippen LogP contribution in [0.5, 0.6) is 0 Å². The summed E-state index contributed by atoms with van der Waals surface area (Å²) in [7, 11) is 1.89. The van der Waals surface area contributed by atoms with Crippen molar-refractivity contribution in [1.29, 1.82) is 0 Å². The maximum atomic E-state index is 4.85. The van der Waals surface area contributed by atoms with Gasteiger partial charge in [0.1, 0.15) is 11.2 Å². The molecule has 0 unspecified atom stereocenters. The molecule has 0 amide bonds. The molecule has 0 spiro atoms. The van der Waals surface area contributed by atoms with Crippen LogP contribution in [0.3, 0.4) is 0 Å². The molecule has 6 heterocycles. The highest BCUT2D eigenvalue weighted by Crippen LogP contribution is 2.32. The molecular formula is C22H16N8. The first-order chi connectivity index (χ1) is 14.8. The zero-order chi connectivity index (χ0) is 20.1. The SMILES string of the molecule is Cn1cc(-c2ccc3[nH]nc(-c4cc5c(-c6ccccn6)nccc5[nH]4)c3n2)cn1. The number of aryl methyl sites for hydroxylation is 1. The average molecular weight is 392 g/mol. The Labute approximate surface area is 170 Å². The van der Waals surface area contributed by atoms with E-state index in [0.717, 1.165) is 56.0 Å². The summed E-state index contributed by atoms with van der Waals surface area (Å²) in [4.78, 5) is 17.3. The molecule has 0 aliphatic rings. The lowest BCUT2D eigenvalue weighted by molar-refractivity contribution is 0.768. The Balaban J connectivity index is 1.52. The summed E-state index contributed by atoms with van der Waals surface area (Å²) >= 11 is 0. The largest absolute Gasteiger partial charge is 0.353 e. The summed E-state index contributed by atoms with van der Waals surface area (Å²) < 4.78 is 1.77. The molecule has 6 aromatic rings. The second-order valence-electron chi connectivity index (χ2n) is 7.09. The van der Waals surface area contributed by atoms with E-state index >= 15 is 0 Å². The van der Waals surface area contributed by atoms with Crippen molar-refractivity contribution >= 4 is 21.9 Å². The highest BCUT2D eigenvalue weighted by Gasteiger charge is 2.16. The van der Waals surface area contributed by atoms with E-state index in [-0.39, 0.29) is 0 Å². The summed E-state index contributed by atoms with van der Waals surface area (Å²) in [6.07, 6.45) is 7.31. The molecule has 6 aromatic heterocycles. The van der Waals surface area contributed by atoms with Crippen LogP contribution in [0.25, 0.3) is 56.0 Å². The summed E-state index contributed by atoms with van der Waals surface area (Å²) in [5.41, 5.74) is 7.76. The van der Waals surface area contributed by atoms with Gasteiger partial charge in [-0.25, -0.2) is 4.98 Å². The van der Waals surface area contributed by atoms with Gasteiger partial charge >= 0.3 is 0 Å². The minimum atomic E-state index is 0.763. The fourth-order valence-corrected chi connectivity index (χ4v) is 3.69. The van der Waals surface area contributed by atoms with E-state index in [2.05, 4.69) is 36.3 Å². The maximum absolute atomic E-state index is 4.85. The molecule has 0 fully saturated rings. The van der Waals surface area contributed by atoms with Crippen molar-refractivity contribution in [1.82, 2.24) is 39.9 Å². The van der Waals surface area contributed by atoms with Crippen LogP contribution in [-0.4, -0.2) is 39.9 Å². The van der Waals surface area contributed by atoms with Crippen LogP contribution in [0.4, 0.5) is 0 Å². The van der Waals surface area contributed by atoms with Gasteiger partial charge in [0.25, 0.3) is 0 Å². The van der Waals surface area contributed by atoms with Crippen LogP contribution in [0.15, 0.2) is 67.3 Å². The van der Waals surface area contributed by atoms with Gasteiger partial charge in [-0.05, 0) is 36.4 Å².